The summed E-state index contributed by atoms with van der Waals surface area (Å²) in [6.45, 7) is 3.67. The normalized spacial score (nSPS) is 9.60. The Morgan fingerprint density at radius 3 is 2.60 bits per heavy atom. The van der Waals surface area contributed by atoms with Crippen molar-refractivity contribution in [3.8, 4) is 0 Å². The maximum Gasteiger partial charge on any atom is 0.131 e. The molecule has 0 spiro atoms. The quantitative estimate of drug-likeness (QED) is 0.753. The van der Waals surface area contributed by atoms with Gasteiger partial charge in [0, 0.05) is 11.1 Å². The van der Waals surface area contributed by atoms with Gasteiger partial charge in [-0.05, 0) is 25.0 Å². The molecule has 0 saturated carbocycles. The average molecular weight is 206 g/mol. The number of aliphatic hydroxyl groups is 1. The molecule has 1 nitrogen and oxygen atoms in total. The highest BCUT2D eigenvalue weighted by Crippen LogP contribution is 2.20. The van der Waals surface area contributed by atoms with E-state index < -0.39 is 0 Å². The number of hydrogen-bond donors (Lipinski definition) is 1. The van der Waals surface area contributed by atoms with Crippen LogP contribution >= 0.6 is 0 Å². The van der Waals surface area contributed by atoms with Gasteiger partial charge < -0.3 is 5.11 Å². The molecule has 1 N–H and O–H groups in total. The lowest BCUT2D eigenvalue weighted by Crippen LogP contribution is -1.89. The van der Waals surface area contributed by atoms with Crippen LogP contribution < -0.4 is 0 Å². The van der Waals surface area contributed by atoms with Gasteiger partial charge in [0.1, 0.15) is 5.82 Å². The van der Waals surface area contributed by atoms with E-state index in [4.69, 9.17) is 5.11 Å². The number of hydrogen-bond acceptors (Lipinski definition) is 1. The number of rotatable bonds is 3. The van der Waals surface area contributed by atoms with E-state index in [1.54, 1.807) is 25.1 Å². The van der Waals surface area contributed by atoms with Gasteiger partial charge in [0.25, 0.3) is 0 Å². The Labute approximate surface area is 89.6 Å². The van der Waals surface area contributed by atoms with Crippen molar-refractivity contribution in [2.75, 3.05) is 6.61 Å². The minimum atomic E-state index is -0.243. The minimum Gasteiger partial charge on any atom is -0.391 e. The van der Waals surface area contributed by atoms with Crippen molar-refractivity contribution in [2.45, 2.75) is 20.3 Å². The first kappa shape index (κ1) is 11.7. The first-order valence-corrected chi connectivity index (χ1v) is 5.00. The van der Waals surface area contributed by atoms with Crippen LogP contribution in [-0.4, -0.2) is 11.7 Å². The molecule has 1 rings (SSSR count). The van der Waals surface area contributed by atoms with Crippen LogP contribution in [0.15, 0.2) is 35.6 Å². The molecule has 0 fully saturated rings. The predicted molar refractivity (Wildman–Crippen MR) is 59.9 cm³/mol. The Morgan fingerprint density at radius 2 is 2.07 bits per heavy atom. The van der Waals surface area contributed by atoms with Crippen molar-refractivity contribution in [1.29, 1.82) is 0 Å². The zero-order valence-corrected chi connectivity index (χ0v) is 9.05. The molecule has 0 aliphatic rings. The van der Waals surface area contributed by atoms with E-state index in [0.717, 1.165) is 11.1 Å². The summed E-state index contributed by atoms with van der Waals surface area (Å²) >= 11 is 0. The second kappa shape index (κ2) is 5.50. The van der Waals surface area contributed by atoms with Gasteiger partial charge in [0.05, 0.1) is 6.61 Å². The highest BCUT2D eigenvalue weighted by Gasteiger charge is 2.04. The summed E-state index contributed by atoms with van der Waals surface area (Å²) in [5.41, 5.74) is 5.09. The van der Waals surface area contributed by atoms with Crippen LogP contribution in [0.25, 0.3) is 5.57 Å². The Bertz CT molecular complexity index is 401. The molecule has 0 aromatic heterocycles. The van der Waals surface area contributed by atoms with Crippen LogP contribution in [0.2, 0.25) is 0 Å². The van der Waals surface area contributed by atoms with E-state index in [-0.39, 0.29) is 12.4 Å². The third kappa shape index (κ3) is 3.05. The molecule has 0 aliphatic heterocycles. The fourth-order valence-electron chi connectivity index (χ4n) is 1.35. The third-order valence-corrected chi connectivity index (χ3v) is 2.15. The SMILES string of the molecule is CCC(=C=C(C)CO)c1ccccc1F. The Hall–Kier alpha value is -1.37. The van der Waals surface area contributed by atoms with Crippen molar-refractivity contribution < 1.29 is 9.50 Å². The topological polar surface area (TPSA) is 20.2 Å². The first-order valence-electron chi connectivity index (χ1n) is 5.00. The summed E-state index contributed by atoms with van der Waals surface area (Å²) in [5, 5.41) is 8.89. The van der Waals surface area contributed by atoms with Crippen molar-refractivity contribution in [3.63, 3.8) is 0 Å². The van der Waals surface area contributed by atoms with E-state index in [2.05, 4.69) is 5.73 Å². The second-order valence-electron chi connectivity index (χ2n) is 3.38. The van der Waals surface area contributed by atoms with E-state index in [1.807, 2.05) is 6.92 Å². The molecule has 2 heteroatoms. The molecule has 15 heavy (non-hydrogen) atoms. The molecule has 0 saturated heterocycles. The van der Waals surface area contributed by atoms with Gasteiger partial charge in [-0.3, -0.25) is 0 Å². The molecule has 0 heterocycles. The van der Waals surface area contributed by atoms with Crippen LogP contribution in [0.4, 0.5) is 4.39 Å². The summed E-state index contributed by atoms with van der Waals surface area (Å²) in [5.74, 6) is -0.243. The molecule has 0 amide bonds. The molecule has 1 aromatic carbocycles. The van der Waals surface area contributed by atoms with Crippen LogP contribution in [0, 0.1) is 5.82 Å². The van der Waals surface area contributed by atoms with Crippen molar-refractivity contribution in [3.05, 3.63) is 47.0 Å². The van der Waals surface area contributed by atoms with Crippen LogP contribution in [0.1, 0.15) is 25.8 Å². The van der Waals surface area contributed by atoms with Gasteiger partial charge >= 0.3 is 0 Å². The lowest BCUT2D eigenvalue weighted by molar-refractivity contribution is 0.331. The first-order chi connectivity index (χ1) is 7.19. The lowest BCUT2D eigenvalue weighted by Gasteiger charge is -2.03. The number of aliphatic hydroxyl groups excluding tert-OH is 1. The monoisotopic (exact) mass is 206 g/mol. The molecular formula is C13H15FO. The summed E-state index contributed by atoms with van der Waals surface area (Å²) in [6, 6.07) is 6.62. The Kier molecular flexibility index (Phi) is 4.29. The molecule has 0 radical (unpaired) electrons. The summed E-state index contributed by atoms with van der Waals surface area (Å²) in [7, 11) is 0. The van der Waals surface area contributed by atoms with E-state index in [9.17, 15) is 4.39 Å². The largest absolute Gasteiger partial charge is 0.391 e. The van der Waals surface area contributed by atoms with Gasteiger partial charge in [0.2, 0.25) is 0 Å². The highest BCUT2D eigenvalue weighted by molar-refractivity contribution is 5.65. The van der Waals surface area contributed by atoms with Gasteiger partial charge in [-0.15, -0.1) is 5.73 Å². The van der Waals surface area contributed by atoms with Gasteiger partial charge in [-0.25, -0.2) is 4.39 Å². The lowest BCUT2D eigenvalue weighted by atomic mass is 10.0. The molecule has 0 bridgehead atoms. The van der Waals surface area contributed by atoms with Gasteiger partial charge in [0.15, 0.2) is 0 Å². The highest BCUT2D eigenvalue weighted by atomic mass is 19.1. The van der Waals surface area contributed by atoms with Crippen LogP contribution in [-0.2, 0) is 0 Å². The molecule has 1 aromatic rings. The Morgan fingerprint density at radius 1 is 1.40 bits per heavy atom. The van der Waals surface area contributed by atoms with Gasteiger partial charge in [-0.2, -0.15) is 0 Å². The maximum atomic E-state index is 13.4. The van der Waals surface area contributed by atoms with E-state index in [0.29, 0.717) is 12.0 Å². The maximum absolute atomic E-state index is 13.4. The van der Waals surface area contributed by atoms with Crippen molar-refractivity contribution >= 4 is 5.57 Å². The number of halogens is 1. The average Bonchev–Trinajstić information content (AvgIpc) is 2.26. The van der Waals surface area contributed by atoms with Gasteiger partial charge in [-0.1, -0.05) is 25.1 Å². The fourth-order valence-corrected chi connectivity index (χ4v) is 1.35. The molecular weight excluding hydrogens is 191 g/mol. The molecule has 0 aliphatic carbocycles. The fraction of sp³-hybridized carbons (Fsp3) is 0.308. The summed E-state index contributed by atoms with van der Waals surface area (Å²) < 4.78 is 13.4. The van der Waals surface area contributed by atoms with Crippen LogP contribution in [0.3, 0.4) is 0 Å². The summed E-state index contributed by atoms with van der Waals surface area (Å²) in [6.07, 6.45) is 0.693. The van der Waals surface area contributed by atoms with Crippen molar-refractivity contribution in [1.82, 2.24) is 0 Å². The predicted octanol–water partition coefficient (Wildman–Crippen LogP) is 3.16. The zero-order valence-electron chi connectivity index (χ0n) is 9.05. The zero-order chi connectivity index (χ0) is 11.3. The standard InChI is InChI=1S/C13H15FO/c1-3-11(8-10(2)9-15)12-6-4-5-7-13(12)14/h4-7,15H,3,9H2,1-2H3. The second-order valence-corrected chi connectivity index (χ2v) is 3.38. The van der Waals surface area contributed by atoms with Crippen molar-refractivity contribution in [2.24, 2.45) is 0 Å². The van der Waals surface area contributed by atoms with E-state index >= 15 is 0 Å². The smallest absolute Gasteiger partial charge is 0.131 e. The summed E-state index contributed by atoms with van der Waals surface area (Å²) in [4.78, 5) is 0. The molecule has 0 atom stereocenters. The molecule has 80 valence electrons. The number of benzene rings is 1. The van der Waals surface area contributed by atoms with E-state index in [1.165, 1.54) is 6.07 Å². The minimum absolute atomic E-state index is 0.0437. The third-order valence-electron chi connectivity index (χ3n) is 2.15. The Balaban J connectivity index is 3.26. The van der Waals surface area contributed by atoms with Crippen LogP contribution in [0.5, 0.6) is 0 Å². The molecule has 0 unspecified atom stereocenters.